The van der Waals surface area contributed by atoms with E-state index in [1.807, 2.05) is 36.4 Å². The van der Waals surface area contributed by atoms with Crippen molar-refractivity contribution in [1.29, 1.82) is 0 Å². The van der Waals surface area contributed by atoms with Crippen LogP contribution in [0.2, 0.25) is 0 Å². The van der Waals surface area contributed by atoms with E-state index >= 15 is 0 Å². The lowest BCUT2D eigenvalue weighted by atomic mass is 9.93. The summed E-state index contributed by atoms with van der Waals surface area (Å²) in [6.45, 7) is 3.40. The first kappa shape index (κ1) is 22.5. The van der Waals surface area contributed by atoms with E-state index in [4.69, 9.17) is 5.73 Å². The van der Waals surface area contributed by atoms with E-state index in [1.54, 1.807) is 16.8 Å². The predicted octanol–water partition coefficient (Wildman–Crippen LogP) is 2.94. The molecular weight excluding hydrogens is 422 g/mol. The second-order valence-electron chi connectivity index (χ2n) is 8.58. The maximum atomic E-state index is 13.0. The number of benzene rings is 2. The van der Waals surface area contributed by atoms with Gasteiger partial charge in [-0.25, -0.2) is 13.4 Å². The van der Waals surface area contributed by atoms with Gasteiger partial charge in [-0.2, -0.15) is 4.31 Å². The molecule has 3 atom stereocenters. The van der Waals surface area contributed by atoms with E-state index in [0.29, 0.717) is 19.6 Å². The maximum absolute atomic E-state index is 13.0. The number of aromatic nitrogens is 2. The van der Waals surface area contributed by atoms with Gasteiger partial charge in [0.15, 0.2) is 0 Å². The average molecular weight is 454 g/mol. The van der Waals surface area contributed by atoms with E-state index in [2.05, 4.69) is 40.0 Å². The SMILES string of the molecule is CC(Cc1ccccc1)[C@@H]1CN(C(CN)c2cnc[nH]2)c2ccccc2CN1S(C)(=O)=O. The Balaban J connectivity index is 1.77. The number of nitrogens with two attached hydrogens (primary N) is 1. The minimum Gasteiger partial charge on any atom is -0.360 e. The van der Waals surface area contributed by atoms with E-state index in [9.17, 15) is 8.42 Å². The summed E-state index contributed by atoms with van der Waals surface area (Å²) in [4.78, 5) is 9.63. The number of sulfonamides is 1. The molecule has 4 rings (SSSR count). The Kier molecular flexibility index (Phi) is 6.64. The summed E-state index contributed by atoms with van der Waals surface area (Å²) >= 11 is 0. The first-order valence-corrected chi connectivity index (χ1v) is 12.8. The third-order valence-electron chi connectivity index (χ3n) is 6.34. The number of anilines is 1. The van der Waals surface area contributed by atoms with Gasteiger partial charge in [-0.1, -0.05) is 55.5 Å². The molecule has 3 N–H and O–H groups in total. The Bertz CT molecular complexity index is 1120. The lowest BCUT2D eigenvalue weighted by Gasteiger charge is -2.38. The molecule has 1 aliphatic rings. The largest absolute Gasteiger partial charge is 0.360 e. The molecule has 0 spiro atoms. The fourth-order valence-electron chi connectivity index (χ4n) is 4.72. The topological polar surface area (TPSA) is 95.3 Å². The zero-order valence-corrected chi connectivity index (χ0v) is 19.4. The molecule has 0 saturated heterocycles. The number of hydrogen-bond acceptors (Lipinski definition) is 5. The van der Waals surface area contributed by atoms with Crippen molar-refractivity contribution >= 4 is 15.7 Å². The van der Waals surface area contributed by atoms with Crippen molar-refractivity contribution in [1.82, 2.24) is 14.3 Å². The molecule has 8 heteroatoms. The molecule has 2 unspecified atom stereocenters. The highest BCUT2D eigenvalue weighted by molar-refractivity contribution is 7.88. The van der Waals surface area contributed by atoms with Gasteiger partial charge < -0.3 is 15.6 Å². The normalized spacial score (nSPS) is 19.2. The highest BCUT2D eigenvalue weighted by atomic mass is 32.2. The van der Waals surface area contributed by atoms with Crippen molar-refractivity contribution in [2.24, 2.45) is 11.7 Å². The number of aromatic amines is 1. The van der Waals surface area contributed by atoms with Gasteiger partial charge in [0.25, 0.3) is 0 Å². The van der Waals surface area contributed by atoms with Crippen molar-refractivity contribution < 1.29 is 8.42 Å². The van der Waals surface area contributed by atoms with Crippen molar-refractivity contribution in [2.75, 3.05) is 24.2 Å². The van der Waals surface area contributed by atoms with Gasteiger partial charge in [0.2, 0.25) is 10.0 Å². The van der Waals surface area contributed by atoms with Crippen LogP contribution in [0.4, 0.5) is 5.69 Å². The summed E-state index contributed by atoms with van der Waals surface area (Å²) in [6.07, 6.45) is 5.55. The van der Waals surface area contributed by atoms with Gasteiger partial charge in [0.1, 0.15) is 0 Å². The fraction of sp³-hybridized carbons (Fsp3) is 0.375. The molecule has 2 aromatic carbocycles. The highest BCUT2D eigenvalue weighted by Gasteiger charge is 2.38. The maximum Gasteiger partial charge on any atom is 0.211 e. The van der Waals surface area contributed by atoms with Crippen LogP contribution < -0.4 is 10.6 Å². The predicted molar refractivity (Wildman–Crippen MR) is 128 cm³/mol. The lowest BCUT2D eigenvalue weighted by molar-refractivity contribution is 0.246. The third-order valence-corrected chi connectivity index (χ3v) is 7.59. The minimum absolute atomic E-state index is 0.101. The first-order chi connectivity index (χ1) is 15.4. The van der Waals surface area contributed by atoms with Crippen LogP contribution in [0.5, 0.6) is 0 Å². The standard InChI is InChI=1S/C24H31N5O2S/c1-18(12-19-8-4-3-5-9-19)24-16-28(23(13-25)21-14-26-17-27-21)22-11-7-6-10-20(22)15-29(24)32(2,30)31/h3-11,14,17-18,23-24H,12-13,15-16,25H2,1-2H3,(H,26,27)/t18?,23?,24-/m0/s1. The monoisotopic (exact) mass is 453 g/mol. The Morgan fingerprint density at radius 1 is 1.16 bits per heavy atom. The van der Waals surface area contributed by atoms with Crippen LogP contribution in [-0.2, 0) is 23.0 Å². The van der Waals surface area contributed by atoms with Crippen LogP contribution in [-0.4, -0.2) is 48.1 Å². The summed E-state index contributed by atoms with van der Waals surface area (Å²) in [7, 11) is -3.43. The molecule has 7 nitrogen and oxygen atoms in total. The molecule has 1 aliphatic heterocycles. The number of nitrogens with one attached hydrogen (secondary N) is 1. The summed E-state index contributed by atoms with van der Waals surface area (Å²) in [5, 5.41) is 0. The summed E-state index contributed by atoms with van der Waals surface area (Å²) in [5.74, 6) is 0.101. The minimum atomic E-state index is -3.43. The van der Waals surface area contributed by atoms with Crippen molar-refractivity contribution in [3.63, 3.8) is 0 Å². The molecule has 0 fully saturated rings. The van der Waals surface area contributed by atoms with Crippen LogP contribution in [0.3, 0.4) is 0 Å². The van der Waals surface area contributed by atoms with Crippen molar-refractivity contribution in [3.05, 3.63) is 83.9 Å². The van der Waals surface area contributed by atoms with E-state index in [-0.39, 0.29) is 18.0 Å². The van der Waals surface area contributed by atoms with Gasteiger partial charge in [-0.3, -0.25) is 0 Å². The molecule has 170 valence electrons. The molecule has 2 heterocycles. The molecule has 0 radical (unpaired) electrons. The fourth-order valence-corrected chi connectivity index (χ4v) is 5.86. The smallest absolute Gasteiger partial charge is 0.211 e. The highest BCUT2D eigenvalue weighted by Crippen LogP contribution is 2.36. The molecule has 3 aromatic rings. The van der Waals surface area contributed by atoms with Crippen molar-refractivity contribution in [3.8, 4) is 0 Å². The number of nitrogens with zero attached hydrogens (tertiary/aromatic N) is 3. The summed E-state index contributed by atoms with van der Waals surface area (Å²) in [6, 6.07) is 17.9. The molecule has 32 heavy (non-hydrogen) atoms. The van der Waals surface area contributed by atoms with E-state index in [1.165, 1.54) is 11.8 Å². The quantitative estimate of drug-likeness (QED) is 0.574. The van der Waals surface area contributed by atoms with Crippen LogP contribution in [0.25, 0.3) is 0 Å². The number of fused-ring (bicyclic) bond motifs is 1. The molecule has 0 saturated carbocycles. The van der Waals surface area contributed by atoms with Crippen LogP contribution >= 0.6 is 0 Å². The molecule has 0 bridgehead atoms. The molecular formula is C24H31N5O2S. The summed E-state index contributed by atoms with van der Waals surface area (Å²) in [5.41, 5.74) is 10.4. The number of rotatable bonds is 7. The van der Waals surface area contributed by atoms with Crippen LogP contribution in [0, 0.1) is 5.92 Å². The number of para-hydroxylation sites is 1. The van der Waals surface area contributed by atoms with Gasteiger partial charge in [-0.05, 0) is 29.5 Å². The van der Waals surface area contributed by atoms with Crippen molar-refractivity contribution in [2.45, 2.75) is 32.0 Å². The first-order valence-electron chi connectivity index (χ1n) is 10.9. The zero-order chi connectivity index (χ0) is 22.7. The summed E-state index contributed by atoms with van der Waals surface area (Å²) < 4.78 is 27.6. The Labute approximate surface area is 190 Å². The Morgan fingerprint density at radius 2 is 1.88 bits per heavy atom. The van der Waals surface area contributed by atoms with Gasteiger partial charge in [-0.15, -0.1) is 0 Å². The van der Waals surface area contributed by atoms with E-state index < -0.39 is 10.0 Å². The third kappa shape index (κ3) is 4.72. The van der Waals surface area contributed by atoms with Gasteiger partial charge in [0.05, 0.1) is 30.5 Å². The number of imidazole rings is 1. The van der Waals surface area contributed by atoms with Crippen LogP contribution in [0.15, 0.2) is 67.1 Å². The number of H-pyrrole nitrogens is 1. The average Bonchev–Trinajstić information content (AvgIpc) is 3.23. The Hall–Kier alpha value is -2.68. The second-order valence-corrected chi connectivity index (χ2v) is 10.5. The van der Waals surface area contributed by atoms with E-state index in [0.717, 1.165) is 23.4 Å². The second kappa shape index (κ2) is 9.44. The zero-order valence-electron chi connectivity index (χ0n) is 18.6. The molecule has 1 aromatic heterocycles. The molecule has 0 amide bonds. The lowest BCUT2D eigenvalue weighted by Crippen LogP contribution is -2.49. The van der Waals surface area contributed by atoms with Crippen LogP contribution in [0.1, 0.15) is 29.8 Å². The van der Waals surface area contributed by atoms with Gasteiger partial charge >= 0.3 is 0 Å². The Morgan fingerprint density at radius 3 is 2.53 bits per heavy atom. The molecule has 0 aliphatic carbocycles. The number of hydrogen-bond donors (Lipinski definition) is 2. The van der Waals surface area contributed by atoms with Gasteiger partial charge in [0, 0.05) is 31.4 Å².